The van der Waals surface area contributed by atoms with Crippen LogP contribution in [-0.4, -0.2) is 26.0 Å². The molecule has 4 aromatic rings. The minimum atomic E-state index is -0.293. The highest BCUT2D eigenvalue weighted by atomic mass is 16.5. The Morgan fingerprint density at radius 3 is 2.36 bits per heavy atom. The molecule has 9 heteroatoms. The number of anilines is 5. The monoisotopic (exact) mass is 441 g/mol. The van der Waals surface area contributed by atoms with E-state index in [1.807, 2.05) is 56.3 Å². The van der Waals surface area contributed by atoms with E-state index >= 15 is 0 Å². The molecule has 0 spiro atoms. The van der Waals surface area contributed by atoms with E-state index in [9.17, 15) is 4.79 Å². The van der Waals surface area contributed by atoms with Crippen molar-refractivity contribution < 1.29 is 9.32 Å². The first-order chi connectivity index (χ1) is 16.0. The molecule has 0 unspecified atom stereocenters. The molecule has 9 nitrogen and oxygen atoms in total. The molecule has 166 valence electrons. The van der Waals surface area contributed by atoms with E-state index in [1.165, 1.54) is 0 Å². The molecule has 5 rings (SSSR count). The van der Waals surface area contributed by atoms with Gasteiger partial charge in [0.1, 0.15) is 29.0 Å². The van der Waals surface area contributed by atoms with Crippen LogP contribution in [0.25, 0.3) is 0 Å². The average Bonchev–Trinajstić information content (AvgIpc) is 3.51. The Morgan fingerprint density at radius 2 is 1.64 bits per heavy atom. The second kappa shape index (κ2) is 8.70. The number of pyridine rings is 1. The topological polar surface area (TPSA) is 118 Å². The summed E-state index contributed by atoms with van der Waals surface area (Å²) in [5.74, 6) is 3.53. The number of rotatable bonds is 7. The van der Waals surface area contributed by atoms with Gasteiger partial charge in [0.15, 0.2) is 5.69 Å². The lowest BCUT2D eigenvalue weighted by molar-refractivity contribution is 0.101. The van der Waals surface area contributed by atoms with Crippen LogP contribution in [-0.2, 0) is 0 Å². The number of aromatic nitrogens is 4. The Bertz CT molecular complexity index is 1300. The van der Waals surface area contributed by atoms with Crippen LogP contribution >= 0.6 is 0 Å². The fourth-order valence-corrected chi connectivity index (χ4v) is 3.37. The average molecular weight is 441 g/mol. The lowest BCUT2D eigenvalue weighted by Crippen LogP contribution is -2.12. The molecule has 3 heterocycles. The number of aryl methyl sites for hydroxylation is 2. The number of nitrogens with one attached hydrogen (secondary N) is 3. The van der Waals surface area contributed by atoms with Gasteiger partial charge in [-0.25, -0.2) is 15.0 Å². The molecule has 0 radical (unpaired) electrons. The zero-order valence-corrected chi connectivity index (χ0v) is 18.3. The van der Waals surface area contributed by atoms with E-state index in [0.29, 0.717) is 34.8 Å². The molecule has 1 aromatic carbocycles. The molecular weight excluding hydrogens is 418 g/mol. The molecular formula is C24H23N7O2. The van der Waals surface area contributed by atoms with Gasteiger partial charge in [-0.3, -0.25) is 4.79 Å². The third-order valence-electron chi connectivity index (χ3n) is 5.17. The molecule has 1 saturated carbocycles. The van der Waals surface area contributed by atoms with Crippen molar-refractivity contribution in [2.75, 3.05) is 16.0 Å². The molecule has 3 N–H and O–H groups in total. The van der Waals surface area contributed by atoms with Crippen LogP contribution in [0.5, 0.6) is 0 Å². The minimum absolute atomic E-state index is 0.290. The fraction of sp³-hybridized carbons (Fsp3) is 0.208. The van der Waals surface area contributed by atoms with Gasteiger partial charge in [-0.1, -0.05) is 5.16 Å². The van der Waals surface area contributed by atoms with Crippen molar-refractivity contribution >= 4 is 34.7 Å². The maximum atomic E-state index is 12.4. The molecule has 1 aliphatic rings. The smallest absolute Gasteiger partial charge is 0.277 e. The van der Waals surface area contributed by atoms with Gasteiger partial charge in [0.2, 0.25) is 0 Å². The van der Waals surface area contributed by atoms with Gasteiger partial charge in [-0.2, -0.15) is 0 Å². The summed E-state index contributed by atoms with van der Waals surface area (Å²) in [5.41, 5.74) is 2.88. The Labute approximate surface area is 190 Å². The molecule has 0 atom stereocenters. The quantitative estimate of drug-likeness (QED) is 0.363. The van der Waals surface area contributed by atoms with Crippen LogP contribution in [0.15, 0.2) is 59.3 Å². The maximum Gasteiger partial charge on any atom is 0.277 e. The second-order valence-corrected chi connectivity index (χ2v) is 8.07. The summed E-state index contributed by atoms with van der Waals surface area (Å²) >= 11 is 0. The van der Waals surface area contributed by atoms with E-state index in [-0.39, 0.29) is 5.91 Å². The highest BCUT2D eigenvalue weighted by Crippen LogP contribution is 2.40. The number of hydrogen-bond acceptors (Lipinski definition) is 8. The zero-order chi connectivity index (χ0) is 22.8. The van der Waals surface area contributed by atoms with Crippen molar-refractivity contribution in [2.45, 2.75) is 32.6 Å². The van der Waals surface area contributed by atoms with Crippen LogP contribution in [0.3, 0.4) is 0 Å². The van der Waals surface area contributed by atoms with Crippen LogP contribution in [0.2, 0.25) is 0 Å². The van der Waals surface area contributed by atoms with Crippen LogP contribution < -0.4 is 16.0 Å². The van der Waals surface area contributed by atoms with E-state index in [4.69, 9.17) is 4.52 Å². The number of benzene rings is 1. The summed E-state index contributed by atoms with van der Waals surface area (Å²) in [4.78, 5) is 25.6. The molecule has 33 heavy (non-hydrogen) atoms. The molecule has 1 fully saturated rings. The van der Waals surface area contributed by atoms with Crippen molar-refractivity contribution in [3.63, 3.8) is 0 Å². The van der Waals surface area contributed by atoms with Gasteiger partial charge in [0.05, 0.1) is 0 Å². The predicted octanol–water partition coefficient (Wildman–Crippen LogP) is 5.09. The Morgan fingerprint density at radius 1 is 0.909 bits per heavy atom. The van der Waals surface area contributed by atoms with Crippen molar-refractivity contribution in [3.05, 3.63) is 77.6 Å². The number of carbonyl (C=O) groups excluding carboxylic acids is 1. The maximum absolute atomic E-state index is 12.4. The van der Waals surface area contributed by atoms with E-state index in [0.717, 1.165) is 35.7 Å². The first kappa shape index (κ1) is 20.6. The largest absolute Gasteiger partial charge is 0.360 e. The third kappa shape index (κ3) is 5.15. The molecule has 1 aliphatic carbocycles. The van der Waals surface area contributed by atoms with Gasteiger partial charge in [-0.15, -0.1) is 0 Å². The minimum Gasteiger partial charge on any atom is -0.360 e. The van der Waals surface area contributed by atoms with Gasteiger partial charge in [0, 0.05) is 35.6 Å². The normalized spacial score (nSPS) is 12.9. The second-order valence-electron chi connectivity index (χ2n) is 8.07. The summed E-state index contributed by atoms with van der Waals surface area (Å²) in [7, 11) is 0. The Hall–Kier alpha value is -4.27. The molecule has 1 amide bonds. The van der Waals surface area contributed by atoms with Crippen molar-refractivity contribution in [1.82, 2.24) is 20.1 Å². The third-order valence-corrected chi connectivity index (χ3v) is 5.17. The number of carbonyl (C=O) groups is 1. The number of nitrogens with zero attached hydrogens (tertiary/aromatic N) is 4. The SMILES string of the molecule is Cc1ccnc(Nc2cc(Nc3ccc(NC(=O)c4cc(C5CC5)on4)cc3)nc(C)n2)c1. The first-order valence-corrected chi connectivity index (χ1v) is 10.7. The molecule has 0 bridgehead atoms. The summed E-state index contributed by atoms with van der Waals surface area (Å²) in [5, 5.41) is 13.2. The van der Waals surface area contributed by atoms with Crippen molar-refractivity contribution in [1.29, 1.82) is 0 Å². The summed E-state index contributed by atoms with van der Waals surface area (Å²) < 4.78 is 5.25. The highest BCUT2D eigenvalue weighted by Gasteiger charge is 2.28. The molecule has 0 saturated heterocycles. The summed E-state index contributed by atoms with van der Waals surface area (Å²) in [6.45, 7) is 3.84. The lowest BCUT2D eigenvalue weighted by atomic mass is 10.2. The number of amides is 1. The molecule has 0 aliphatic heterocycles. The van der Waals surface area contributed by atoms with E-state index in [2.05, 4.69) is 36.1 Å². The van der Waals surface area contributed by atoms with Gasteiger partial charge < -0.3 is 20.5 Å². The lowest BCUT2D eigenvalue weighted by Gasteiger charge is -2.11. The summed E-state index contributed by atoms with van der Waals surface area (Å²) in [6.07, 6.45) is 3.94. The van der Waals surface area contributed by atoms with Crippen LogP contribution in [0.1, 0.15) is 46.4 Å². The van der Waals surface area contributed by atoms with Gasteiger partial charge >= 0.3 is 0 Å². The summed E-state index contributed by atoms with van der Waals surface area (Å²) in [6, 6.07) is 14.8. The zero-order valence-electron chi connectivity index (χ0n) is 18.3. The van der Waals surface area contributed by atoms with Gasteiger partial charge in [0.25, 0.3) is 5.91 Å². The Kier molecular flexibility index (Phi) is 5.43. The van der Waals surface area contributed by atoms with Crippen molar-refractivity contribution in [3.8, 4) is 0 Å². The van der Waals surface area contributed by atoms with E-state index in [1.54, 1.807) is 12.3 Å². The van der Waals surface area contributed by atoms with Crippen LogP contribution in [0, 0.1) is 13.8 Å². The Balaban J connectivity index is 1.24. The highest BCUT2D eigenvalue weighted by molar-refractivity contribution is 6.02. The number of hydrogen-bond donors (Lipinski definition) is 3. The van der Waals surface area contributed by atoms with Gasteiger partial charge in [-0.05, 0) is 68.7 Å². The first-order valence-electron chi connectivity index (χ1n) is 10.7. The molecule has 3 aromatic heterocycles. The van der Waals surface area contributed by atoms with E-state index < -0.39 is 0 Å². The van der Waals surface area contributed by atoms with Crippen molar-refractivity contribution in [2.24, 2.45) is 0 Å². The van der Waals surface area contributed by atoms with Crippen LogP contribution in [0.4, 0.5) is 28.8 Å². The standard InChI is InChI=1S/C24H23N7O2/c1-14-9-10-25-21(11-14)30-23-13-22(26-15(2)27-23)28-17-5-7-18(8-6-17)29-24(32)19-12-20(33-31-19)16-3-4-16/h5-13,16H,3-4H2,1-2H3,(H,29,32)(H2,25,26,27,28,30). The predicted molar refractivity (Wildman–Crippen MR) is 125 cm³/mol. The fourth-order valence-electron chi connectivity index (χ4n) is 3.37.